The third-order valence-electron chi connectivity index (χ3n) is 6.63. The van der Waals surface area contributed by atoms with Crippen LogP contribution in [0.3, 0.4) is 0 Å². The van der Waals surface area contributed by atoms with Crippen LogP contribution in [0.2, 0.25) is 0 Å². The topological polar surface area (TPSA) is 63.4 Å². The van der Waals surface area contributed by atoms with Crippen LogP contribution in [0.1, 0.15) is 62.8 Å². The van der Waals surface area contributed by atoms with Crippen LogP contribution >= 0.6 is 0 Å². The van der Waals surface area contributed by atoms with Crippen molar-refractivity contribution in [3.63, 3.8) is 0 Å². The number of rotatable bonds is 4. The predicted molar refractivity (Wildman–Crippen MR) is 86.7 cm³/mol. The molecule has 0 saturated heterocycles. The molecular weight excluding hydrogens is 304 g/mol. The second kappa shape index (κ2) is 4.61. The summed E-state index contributed by atoms with van der Waals surface area (Å²) in [5, 5.41) is 20.1. The van der Waals surface area contributed by atoms with Crippen LogP contribution in [0.5, 0.6) is 0 Å². The molecule has 1 atom stereocenters. The van der Waals surface area contributed by atoms with Crippen LogP contribution in [0, 0.1) is 11.8 Å². The second-order valence-electron chi connectivity index (χ2n) is 8.31. The number of hydrogen-bond donors (Lipinski definition) is 1. The van der Waals surface area contributed by atoms with E-state index >= 15 is 0 Å². The lowest BCUT2D eigenvalue weighted by atomic mass is 9.98. The quantitative estimate of drug-likeness (QED) is 0.916. The first-order valence-electron chi connectivity index (χ1n) is 9.48. The summed E-state index contributed by atoms with van der Waals surface area (Å²) in [5.74, 6) is 3.36. The van der Waals surface area contributed by atoms with E-state index in [0.717, 1.165) is 37.1 Å². The zero-order valence-corrected chi connectivity index (χ0v) is 13.9. The number of aromatic nitrogens is 3. The van der Waals surface area contributed by atoms with E-state index in [1.807, 2.05) is 0 Å². The monoisotopic (exact) mass is 328 g/mol. The molecule has 5 aliphatic rings. The minimum atomic E-state index is -0.678. The molecule has 3 fully saturated rings. The van der Waals surface area contributed by atoms with E-state index in [0.29, 0.717) is 12.5 Å². The Balaban J connectivity index is 1.48. The molecule has 0 spiro atoms. The van der Waals surface area contributed by atoms with Gasteiger partial charge in [-0.3, -0.25) is 4.57 Å². The maximum Gasteiger partial charge on any atom is 0.189 e. The predicted octanol–water partition coefficient (Wildman–Crippen LogP) is 2.03. The first-order chi connectivity index (χ1) is 11.8. The Hall–Kier alpha value is -1.40. The number of fused-ring (bicyclic) bond motifs is 2. The molecule has 128 valence electrons. The van der Waals surface area contributed by atoms with Crippen molar-refractivity contribution >= 4 is 5.70 Å². The minimum absolute atomic E-state index is 0.250. The molecule has 3 saturated carbocycles. The number of ether oxygens (including phenoxy) is 1. The highest BCUT2D eigenvalue weighted by molar-refractivity contribution is 5.56. The van der Waals surface area contributed by atoms with E-state index in [1.165, 1.54) is 49.9 Å². The van der Waals surface area contributed by atoms with Crippen molar-refractivity contribution in [2.45, 2.75) is 56.6 Å². The van der Waals surface area contributed by atoms with Gasteiger partial charge in [0.15, 0.2) is 12.1 Å². The molecule has 1 unspecified atom stereocenters. The molecule has 1 aromatic rings. The normalized spacial score (nSPS) is 31.0. The standard InChI is InChI=1S/C18H24N4O2/c23-16-15-19-20-17(18(6-7-18)12-3-4-12)22(15)13-5-8-24-10-14(13)21(16)9-11-1-2-11/h11-12,16,23H,1-10H2. The summed E-state index contributed by atoms with van der Waals surface area (Å²) < 4.78 is 7.98. The number of nitrogens with zero attached hydrogens (tertiary/aromatic N) is 4. The maximum absolute atomic E-state index is 11.0. The molecule has 3 heterocycles. The van der Waals surface area contributed by atoms with Crippen molar-refractivity contribution in [2.75, 3.05) is 19.8 Å². The first-order valence-corrected chi connectivity index (χ1v) is 9.48. The van der Waals surface area contributed by atoms with Gasteiger partial charge in [0.1, 0.15) is 5.82 Å². The van der Waals surface area contributed by atoms with Gasteiger partial charge in [-0.2, -0.15) is 0 Å². The van der Waals surface area contributed by atoms with Crippen molar-refractivity contribution in [2.24, 2.45) is 11.8 Å². The summed E-state index contributed by atoms with van der Waals surface area (Å²) in [6.45, 7) is 2.27. The van der Waals surface area contributed by atoms with Crippen LogP contribution in [-0.2, 0) is 10.2 Å². The lowest BCUT2D eigenvalue weighted by Crippen LogP contribution is -2.40. The Morgan fingerprint density at radius 3 is 2.67 bits per heavy atom. The van der Waals surface area contributed by atoms with Gasteiger partial charge < -0.3 is 14.7 Å². The smallest absolute Gasteiger partial charge is 0.189 e. The van der Waals surface area contributed by atoms with E-state index in [2.05, 4.69) is 19.7 Å². The maximum atomic E-state index is 11.0. The van der Waals surface area contributed by atoms with Crippen LogP contribution in [0.15, 0.2) is 5.70 Å². The summed E-state index contributed by atoms with van der Waals surface area (Å²) in [7, 11) is 0. The largest absolute Gasteiger partial charge is 0.375 e. The molecule has 6 rings (SSSR count). The summed E-state index contributed by atoms with van der Waals surface area (Å²) in [6.07, 6.45) is 7.88. The third-order valence-corrected chi connectivity index (χ3v) is 6.63. The molecule has 0 bridgehead atoms. The van der Waals surface area contributed by atoms with Gasteiger partial charge in [0, 0.05) is 24.1 Å². The van der Waals surface area contributed by atoms with Gasteiger partial charge in [-0.25, -0.2) is 0 Å². The molecule has 6 heteroatoms. The summed E-state index contributed by atoms with van der Waals surface area (Å²) in [5.41, 5.74) is 2.70. The van der Waals surface area contributed by atoms with Gasteiger partial charge in [0.2, 0.25) is 0 Å². The van der Waals surface area contributed by atoms with Crippen molar-refractivity contribution in [1.29, 1.82) is 0 Å². The number of aliphatic hydroxyl groups is 1. The zero-order chi connectivity index (χ0) is 15.9. The number of aliphatic hydroxyl groups excluding tert-OH is 1. The van der Waals surface area contributed by atoms with E-state index in [9.17, 15) is 5.11 Å². The fourth-order valence-corrected chi connectivity index (χ4v) is 4.77. The first kappa shape index (κ1) is 13.8. The molecule has 0 radical (unpaired) electrons. The Labute approximate surface area is 141 Å². The molecule has 1 N–H and O–H groups in total. The SMILES string of the molecule is OC1c2nnc(C3(C4CC4)CC3)n2C2=C(COCC2)N1CC1CC1. The van der Waals surface area contributed by atoms with Gasteiger partial charge in [-0.05, 0) is 50.4 Å². The van der Waals surface area contributed by atoms with Crippen LogP contribution in [0.4, 0.5) is 0 Å². The Kier molecular flexibility index (Phi) is 2.66. The van der Waals surface area contributed by atoms with Crippen LogP contribution < -0.4 is 0 Å². The molecule has 3 aliphatic carbocycles. The van der Waals surface area contributed by atoms with E-state index in [1.54, 1.807) is 0 Å². The lowest BCUT2D eigenvalue weighted by Gasteiger charge is -2.40. The second-order valence-corrected chi connectivity index (χ2v) is 8.31. The summed E-state index contributed by atoms with van der Waals surface area (Å²) >= 11 is 0. The minimum Gasteiger partial charge on any atom is -0.375 e. The third kappa shape index (κ3) is 1.84. The molecule has 2 aliphatic heterocycles. The van der Waals surface area contributed by atoms with Crippen molar-refractivity contribution in [3.05, 3.63) is 17.3 Å². The van der Waals surface area contributed by atoms with Crippen molar-refractivity contribution < 1.29 is 9.84 Å². The molecular formula is C18H24N4O2. The van der Waals surface area contributed by atoms with Gasteiger partial charge in [0.25, 0.3) is 0 Å². The average Bonchev–Trinajstić information content (AvgIpc) is 3.44. The average molecular weight is 328 g/mol. The Morgan fingerprint density at radius 1 is 1.12 bits per heavy atom. The summed E-state index contributed by atoms with van der Waals surface area (Å²) in [4.78, 5) is 2.14. The van der Waals surface area contributed by atoms with E-state index in [4.69, 9.17) is 4.74 Å². The fraction of sp³-hybridized carbons (Fsp3) is 0.778. The van der Waals surface area contributed by atoms with Crippen molar-refractivity contribution in [3.8, 4) is 0 Å². The van der Waals surface area contributed by atoms with Gasteiger partial charge in [0.05, 0.1) is 18.9 Å². The van der Waals surface area contributed by atoms with Gasteiger partial charge in [-0.1, -0.05) is 0 Å². The Morgan fingerprint density at radius 2 is 1.96 bits per heavy atom. The van der Waals surface area contributed by atoms with Crippen molar-refractivity contribution in [1.82, 2.24) is 19.7 Å². The van der Waals surface area contributed by atoms with Gasteiger partial charge in [-0.15, -0.1) is 10.2 Å². The molecule has 6 nitrogen and oxygen atoms in total. The van der Waals surface area contributed by atoms with Crippen LogP contribution in [0.25, 0.3) is 5.70 Å². The van der Waals surface area contributed by atoms with E-state index < -0.39 is 6.23 Å². The van der Waals surface area contributed by atoms with Gasteiger partial charge >= 0.3 is 0 Å². The molecule has 0 aromatic carbocycles. The lowest BCUT2D eigenvalue weighted by molar-refractivity contribution is -0.00879. The zero-order valence-electron chi connectivity index (χ0n) is 13.9. The highest BCUT2D eigenvalue weighted by Gasteiger charge is 2.59. The van der Waals surface area contributed by atoms with E-state index in [-0.39, 0.29) is 5.41 Å². The molecule has 24 heavy (non-hydrogen) atoms. The highest BCUT2D eigenvalue weighted by Crippen LogP contribution is 2.62. The van der Waals surface area contributed by atoms with Crippen LogP contribution in [-0.4, -0.2) is 44.5 Å². The fourth-order valence-electron chi connectivity index (χ4n) is 4.77. The highest BCUT2D eigenvalue weighted by atomic mass is 16.5. The molecule has 1 aromatic heterocycles. The Bertz CT molecular complexity index is 727. The summed E-state index contributed by atoms with van der Waals surface area (Å²) in [6, 6.07) is 0. The number of hydrogen-bond acceptors (Lipinski definition) is 5. The molecule has 0 amide bonds.